The number of rotatable bonds is 7. The summed E-state index contributed by atoms with van der Waals surface area (Å²) >= 11 is 0. The van der Waals surface area contributed by atoms with Gasteiger partial charge in [-0.3, -0.25) is 4.79 Å². The Hall–Kier alpha value is -1.64. The van der Waals surface area contributed by atoms with E-state index in [1.54, 1.807) is 0 Å². The molecular formula is C29H42O3. The van der Waals surface area contributed by atoms with Gasteiger partial charge < -0.3 is 9.53 Å². The van der Waals surface area contributed by atoms with Crippen molar-refractivity contribution in [3.63, 3.8) is 0 Å². The first kappa shape index (κ1) is 23.5. The summed E-state index contributed by atoms with van der Waals surface area (Å²) in [4.78, 5) is 23.7. The van der Waals surface area contributed by atoms with Crippen LogP contribution in [0.3, 0.4) is 0 Å². The van der Waals surface area contributed by atoms with E-state index in [4.69, 9.17) is 4.74 Å². The molecule has 3 aliphatic rings. The van der Waals surface area contributed by atoms with Gasteiger partial charge in [-0.2, -0.15) is 0 Å². The molecule has 3 saturated carbocycles. The molecule has 0 N–H and O–H groups in total. The Morgan fingerprint density at radius 3 is 2.00 bits per heavy atom. The largest absolute Gasteiger partial charge is 0.426 e. The average Bonchev–Trinajstić information content (AvgIpc) is 2.85. The van der Waals surface area contributed by atoms with Gasteiger partial charge in [-0.25, -0.2) is 0 Å². The van der Waals surface area contributed by atoms with E-state index < -0.39 is 0 Å². The van der Waals surface area contributed by atoms with Gasteiger partial charge in [0.05, 0.1) is 5.92 Å². The van der Waals surface area contributed by atoms with Gasteiger partial charge in [0.15, 0.2) is 0 Å². The summed E-state index contributed by atoms with van der Waals surface area (Å²) in [5.74, 6) is 4.19. The van der Waals surface area contributed by atoms with Crippen molar-refractivity contribution in [3.8, 4) is 5.75 Å². The lowest BCUT2D eigenvalue weighted by atomic mass is 9.69. The molecule has 0 bridgehead atoms. The maximum absolute atomic E-state index is 12.8. The van der Waals surface area contributed by atoms with E-state index in [9.17, 15) is 9.59 Å². The lowest BCUT2D eigenvalue weighted by Crippen LogP contribution is -2.30. The first-order valence-corrected chi connectivity index (χ1v) is 13.4. The molecule has 0 unspecified atom stereocenters. The Bertz CT molecular complexity index is 715. The molecule has 4 rings (SSSR count). The highest BCUT2D eigenvalue weighted by Crippen LogP contribution is 2.42. The van der Waals surface area contributed by atoms with Crippen molar-refractivity contribution in [3.05, 3.63) is 29.8 Å². The van der Waals surface area contributed by atoms with Gasteiger partial charge in [-0.15, -0.1) is 0 Å². The number of hydrogen-bond acceptors (Lipinski definition) is 3. The molecule has 3 heteroatoms. The summed E-state index contributed by atoms with van der Waals surface area (Å²) in [6, 6.07) is 8.14. The van der Waals surface area contributed by atoms with Crippen molar-refractivity contribution in [2.75, 3.05) is 0 Å². The van der Waals surface area contributed by atoms with Gasteiger partial charge in [0.2, 0.25) is 0 Å². The molecule has 0 atom stereocenters. The first-order valence-electron chi connectivity index (χ1n) is 13.4. The van der Waals surface area contributed by atoms with E-state index in [1.165, 1.54) is 56.9 Å². The van der Waals surface area contributed by atoms with Gasteiger partial charge in [0.25, 0.3) is 0 Å². The van der Waals surface area contributed by atoms with E-state index >= 15 is 0 Å². The molecule has 32 heavy (non-hydrogen) atoms. The Morgan fingerprint density at radius 2 is 1.44 bits per heavy atom. The zero-order valence-electron chi connectivity index (χ0n) is 20.0. The molecule has 1 aromatic rings. The Labute approximate surface area is 194 Å². The second-order valence-corrected chi connectivity index (χ2v) is 10.9. The van der Waals surface area contributed by atoms with Gasteiger partial charge in [0.1, 0.15) is 12.0 Å². The summed E-state index contributed by atoms with van der Waals surface area (Å²) in [6.45, 7) is 2.31. The van der Waals surface area contributed by atoms with E-state index in [-0.39, 0.29) is 17.8 Å². The lowest BCUT2D eigenvalue weighted by Gasteiger charge is -2.37. The Balaban J connectivity index is 1.20. The third-order valence-corrected chi connectivity index (χ3v) is 8.89. The number of ether oxygens (including phenoxy) is 1. The fraction of sp³-hybridized carbons (Fsp3) is 0.724. The zero-order valence-corrected chi connectivity index (χ0v) is 20.0. The van der Waals surface area contributed by atoms with Crippen LogP contribution in [0.2, 0.25) is 0 Å². The number of benzene rings is 1. The van der Waals surface area contributed by atoms with Crippen LogP contribution in [0.15, 0.2) is 24.3 Å². The zero-order chi connectivity index (χ0) is 22.3. The number of esters is 1. The van der Waals surface area contributed by atoms with Gasteiger partial charge in [0, 0.05) is 5.92 Å². The van der Waals surface area contributed by atoms with E-state index in [1.807, 2.05) is 12.1 Å². The van der Waals surface area contributed by atoms with Gasteiger partial charge in [-0.05, 0) is 106 Å². The maximum atomic E-state index is 12.8. The predicted octanol–water partition coefficient (Wildman–Crippen LogP) is 7.48. The van der Waals surface area contributed by atoms with Crippen LogP contribution in [0.1, 0.15) is 108 Å². The molecule has 1 aromatic carbocycles. The van der Waals surface area contributed by atoms with Crippen LogP contribution in [0.4, 0.5) is 0 Å². The highest BCUT2D eigenvalue weighted by molar-refractivity contribution is 5.75. The summed E-state index contributed by atoms with van der Waals surface area (Å²) in [5.41, 5.74) is 1.31. The highest BCUT2D eigenvalue weighted by Gasteiger charge is 2.33. The van der Waals surface area contributed by atoms with Crippen molar-refractivity contribution in [1.29, 1.82) is 0 Å². The summed E-state index contributed by atoms with van der Waals surface area (Å²) in [6.07, 6.45) is 18.1. The molecule has 0 heterocycles. The van der Waals surface area contributed by atoms with Crippen LogP contribution in [0, 0.1) is 29.6 Å². The van der Waals surface area contributed by atoms with Crippen LogP contribution >= 0.6 is 0 Å². The van der Waals surface area contributed by atoms with Crippen molar-refractivity contribution in [2.24, 2.45) is 29.6 Å². The smallest absolute Gasteiger partial charge is 0.314 e. The molecule has 0 spiro atoms. The second kappa shape index (κ2) is 11.5. The van der Waals surface area contributed by atoms with Crippen molar-refractivity contribution < 1.29 is 14.3 Å². The topological polar surface area (TPSA) is 43.4 Å². The summed E-state index contributed by atoms with van der Waals surface area (Å²) in [7, 11) is 0. The lowest BCUT2D eigenvalue weighted by molar-refractivity contribution is -0.140. The van der Waals surface area contributed by atoms with E-state index in [0.29, 0.717) is 11.7 Å². The van der Waals surface area contributed by atoms with Crippen LogP contribution in [0.5, 0.6) is 5.75 Å². The highest BCUT2D eigenvalue weighted by atomic mass is 16.5. The number of carbonyl (C=O) groups is 2. The minimum absolute atomic E-state index is 0.0330. The molecule has 0 aliphatic heterocycles. The van der Waals surface area contributed by atoms with Gasteiger partial charge in [-0.1, -0.05) is 44.7 Å². The molecule has 0 amide bonds. The minimum Gasteiger partial charge on any atom is -0.426 e. The minimum atomic E-state index is -0.0330. The van der Waals surface area contributed by atoms with Crippen LogP contribution in [0.25, 0.3) is 0 Å². The SMILES string of the molecule is CCC[C@H]1CC[C@H]([C@H]2CC[C@H](C(=O)Oc3ccc([C@H]4CC[C@H](C=O)CC4)cc3)CC2)CC1. The van der Waals surface area contributed by atoms with E-state index in [2.05, 4.69) is 19.1 Å². The Morgan fingerprint density at radius 1 is 0.844 bits per heavy atom. The molecule has 0 radical (unpaired) electrons. The predicted molar refractivity (Wildman–Crippen MR) is 129 cm³/mol. The third-order valence-electron chi connectivity index (χ3n) is 8.89. The van der Waals surface area contributed by atoms with Gasteiger partial charge >= 0.3 is 5.97 Å². The maximum Gasteiger partial charge on any atom is 0.314 e. The fourth-order valence-corrected chi connectivity index (χ4v) is 6.78. The van der Waals surface area contributed by atoms with E-state index in [0.717, 1.165) is 62.6 Å². The average molecular weight is 439 g/mol. The molecule has 0 aromatic heterocycles. The molecule has 0 saturated heterocycles. The van der Waals surface area contributed by atoms with Crippen molar-refractivity contribution in [1.82, 2.24) is 0 Å². The standard InChI is InChI=1S/C29H42O3/c1-2-3-21-4-8-23(9-5-21)25-12-14-27(15-13-25)29(31)32-28-18-16-26(17-19-28)24-10-6-22(20-30)7-11-24/h16-25,27H,2-15H2,1H3/t21-,22-,23-,24-,25-,27-. The number of aldehydes is 1. The molecule has 176 valence electrons. The monoisotopic (exact) mass is 438 g/mol. The third kappa shape index (κ3) is 6.02. The first-order chi connectivity index (χ1) is 15.7. The van der Waals surface area contributed by atoms with Crippen LogP contribution < -0.4 is 4.74 Å². The second-order valence-electron chi connectivity index (χ2n) is 10.9. The van der Waals surface area contributed by atoms with Crippen LogP contribution in [-0.2, 0) is 9.59 Å². The molecule has 3 nitrogen and oxygen atoms in total. The number of carbonyl (C=O) groups excluding carboxylic acids is 2. The summed E-state index contributed by atoms with van der Waals surface area (Å²) < 4.78 is 5.77. The Kier molecular flexibility index (Phi) is 8.43. The van der Waals surface area contributed by atoms with Crippen molar-refractivity contribution >= 4 is 12.3 Å². The molecular weight excluding hydrogens is 396 g/mol. The van der Waals surface area contributed by atoms with Crippen molar-refractivity contribution in [2.45, 2.75) is 103 Å². The fourth-order valence-electron chi connectivity index (χ4n) is 6.78. The quantitative estimate of drug-likeness (QED) is 0.252. The normalized spacial score (nSPS) is 33.4. The molecule has 3 fully saturated rings. The summed E-state index contributed by atoms with van der Waals surface area (Å²) in [5, 5.41) is 0. The van der Waals surface area contributed by atoms with Crippen LogP contribution in [-0.4, -0.2) is 12.3 Å². The molecule has 3 aliphatic carbocycles. The number of hydrogen-bond donors (Lipinski definition) is 0.